The van der Waals surface area contributed by atoms with E-state index in [9.17, 15) is 4.79 Å². The second kappa shape index (κ2) is 7.27. The Balaban J connectivity index is 2.64. The van der Waals surface area contributed by atoms with Gasteiger partial charge in [0.05, 0.1) is 0 Å². The number of hydrogen-bond acceptors (Lipinski definition) is 4. The monoisotopic (exact) mass is 269 g/mol. The lowest BCUT2D eigenvalue weighted by Gasteiger charge is -2.26. The minimum absolute atomic E-state index is 0.0933. The van der Waals surface area contributed by atoms with Gasteiger partial charge in [0.2, 0.25) is 5.91 Å². The summed E-state index contributed by atoms with van der Waals surface area (Å²) in [5.41, 5.74) is 1.08. The van der Waals surface area contributed by atoms with E-state index in [0.29, 0.717) is 6.04 Å². The van der Waals surface area contributed by atoms with Gasteiger partial charge in [0.15, 0.2) is 0 Å². The van der Waals surface area contributed by atoms with Crippen molar-refractivity contribution in [1.82, 2.24) is 5.32 Å². The van der Waals surface area contributed by atoms with Crippen LogP contribution in [0.2, 0.25) is 0 Å². The molecule has 1 N–H and O–H groups in total. The van der Waals surface area contributed by atoms with Crippen LogP contribution in [0.4, 0.5) is 0 Å². The fourth-order valence-electron chi connectivity index (χ4n) is 1.49. The Morgan fingerprint density at radius 2 is 1.83 bits per heavy atom. The second-order valence-electron chi connectivity index (χ2n) is 3.78. The van der Waals surface area contributed by atoms with Crippen molar-refractivity contribution in [2.24, 2.45) is 0 Å². The first kappa shape index (κ1) is 14.8. The molecule has 100 valence electrons. The lowest BCUT2D eigenvalue weighted by atomic mass is 10.2. The van der Waals surface area contributed by atoms with E-state index in [1.54, 1.807) is 14.2 Å². The van der Waals surface area contributed by atoms with Crippen LogP contribution in [0.25, 0.3) is 0 Å². The molecule has 6 heteroatoms. The topological polar surface area (TPSA) is 56.8 Å². The zero-order valence-corrected chi connectivity index (χ0v) is 11.9. The summed E-state index contributed by atoms with van der Waals surface area (Å²) in [6, 6.07) is 10.4. The Kier molecular flexibility index (Phi) is 6.00. The molecule has 0 saturated heterocycles. The summed E-state index contributed by atoms with van der Waals surface area (Å²) in [5.74, 6) is -0.148. The molecule has 0 aliphatic heterocycles. The lowest BCUT2D eigenvalue weighted by molar-refractivity contribution is -0.120. The maximum Gasteiger partial charge on any atom is 0.506 e. The fourth-order valence-corrected chi connectivity index (χ4v) is 3.31. The van der Waals surface area contributed by atoms with E-state index in [1.807, 2.05) is 30.3 Å². The van der Waals surface area contributed by atoms with Gasteiger partial charge in [0, 0.05) is 27.2 Å². The molecule has 1 rings (SSSR count). The van der Waals surface area contributed by atoms with Crippen molar-refractivity contribution in [3.63, 3.8) is 0 Å². The van der Waals surface area contributed by atoms with Gasteiger partial charge in [-0.1, -0.05) is 30.3 Å². The molecule has 0 bridgehead atoms. The quantitative estimate of drug-likeness (QED) is 0.595. The van der Waals surface area contributed by atoms with Gasteiger partial charge in [-0.3, -0.25) is 4.79 Å². The molecular weight excluding hydrogens is 250 g/mol. The number of rotatable bonds is 7. The summed E-state index contributed by atoms with van der Waals surface area (Å²) in [5, 5.41) is 2.57. The van der Waals surface area contributed by atoms with E-state index in [0.717, 1.165) is 5.56 Å². The van der Waals surface area contributed by atoms with Crippen LogP contribution in [0.5, 0.6) is 0 Å². The molecule has 0 heterocycles. The van der Waals surface area contributed by atoms with Crippen molar-refractivity contribution in [1.29, 1.82) is 0 Å². The third-order valence-corrected chi connectivity index (χ3v) is 5.17. The maximum absolute atomic E-state index is 10.8. The van der Waals surface area contributed by atoms with Crippen LogP contribution >= 0.6 is 0 Å². The van der Waals surface area contributed by atoms with Crippen molar-refractivity contribution in [3.05, 3.63) is 35.9 Å². The maximum atomic E-state index is 10.8. The number of carbonyl (C=O) groups excluding carboxylic acids is 1. The Hall–Kier alpha value is -1.21. The van der Waals surface area contributed by atoms with Crippen molar-refractivity contribution in [3.8, 4) is 0 Å². The molecule has 0 unspecified atom stereocenters. The van der Waals surface area contributed by atoms with Crippen LogP contribution < -0.4 is 5.32 Å². The first-order valence-corrected chi connectivity index (χ1v) is 7.57. The molecule has 0 aliphatic carbocycles. The van der Waals surface area contributed by atoms with Crippen molar-refractivity contribution in [2.75, 3.05) is 21.0 Å². The Labute approximate surface area is 108 Å². The van der Waals surface area contributed by atoms with Crippen LogP contribution in [0.1, 0.15) is 12.5 Å². The van der Waals surface area contributed by atoms with Crippen LogP contribution in [0.3, 0.4) is 0 Å². The first-order chi connectivity index (χ1) is 8.62. The molecule has 0 aromatic heterocycles. The van der Waals surface area contributed by atoms with Gasteiger partial charge in [0.25, 0.3) is 0 Å². The van der Waals surface area contributed by atoms with Gasteiger partial charge >= 0.3 is 8.80 Å². The minimum Gasteiger partial charge on any atom is -0.377 e. The standard InChI is InChI=1S/C12H19NO4Si/c1-11(14)13-10-17-18(15-2,16-3)9-12-7-5-4-6-8-12/h4-8H,9-10H2,1-3H3,(H,13,14). The second-order valence-corrected chi connectivity index (χ2v) is 6.60. The highest BCUT2D eigenvalue weighted by Crippen LogP contribution is 2.14. The highest BCUT2D eigenvalue weighted by atomic mass is 28.4. The fraction of sp³-hybridized carbons (Fsp3) is 0.417. The number of carbonyl (C=O) groups is 1. The lowest BCUT2D eigenvalue weighted by Crippen LogP contribution is -2.49. The largest absolute Gasteiger partial charge is 0.506 e. The molecule has 0 atom stereocenters. The average Bonchev–Trinajstić information content (AvgIpc) is 2.38. The van der Waals surface area contributed by atoms with Gasteiger partial charge in [0.1, 0.15) is 6.73 Å². The first-order valence-electron chi connectivity index (χ1n) is 5.64. The van der Waals surface area contributed by atoms with E-state index in [2.05, 4.69) is 5.32 Å². The van der Waals surface area contributed by atoms with Gasteiger partial charge < -0.3 is 18.6 Å². The summed E-state index contributed by atoms with van der Waals surface area (Å²) in [4.78, 5) is 10.8. The molecule has 1 aromatic rings. The van der Waals surface area contributed by atoms with Gasteiger partial charge in [-0.05, 0) is 5.56 Å². The SMILES string of the molecule is CO[Si](Cc1ccccc1)(OC)OCNC(C)=O. The number of hydrogen-bond donors (Lipinski definition) is 1. The summed E-state index contributed by atoms with van der Waals surface area (Å²) in [7, 11) is 0.358. The Morgan fingerprint density at radius 1 is 1.22 bits per heavy atom. The smallest absolute Gasteiger partial charge is 0.377 e. The summed E-state index contributed by atoms with van der Waals surface area (Å²) < 4.78 is 16.4. The molecule has 0 aliphatic rings. The third kappa shape index (κ3) is 4.57. The van der Waals surface area contributed by atoms with Crippen LogP contribution in [-0.4, -0.2) is 35.7 Å². The normalized spacial score (nSPS) is 11.3. The van der Waals surface area contributed by atoms with Crippen LogP contribution in [0.15, 0.2) is 30.3 Å². The predicted molar refractivity (Wildman–Crippen MR) is 69.7 cm³/mol. The zero-order valence-electron chi connectivity index (χ0n) is 10.9. The molecule has 0 saturated carbocycles. The molecular formula is C12H19NO4Si. The average molecular weight is 269 g/mol. The van der Waals surface area contributed by atoms with E-state index in [-0.39, 0.29) is 12.6 Å². The molecule has 5 nitrogen and oxygen atoms in total. The van der Waals surface area contributed by atoms with E-state index in [4.69, 9.17) is 13.3 Å². The highest BCUT2D eigenvalue weighted by Gasteiger charge is 2.39. The van der Waals surface area contributed by atoms with Crippen molar-refractivity contribution in [2.45, 2.75) is 13.0 Å². The summed E-state index contributed by atoms with van der Waals surface area (Å²) in [6.45, 7) is 1.53. The molecule has 0 radical (unpaired) electrons. The minimum atomic E-state index is -2.77. The molecule has 1 amide bonds. The highest BCUT2D eigenvalue weighted by molar-refractivity contribution is 6.60. The summed E-state index contributed by atoms with van der Waals surface area (Å²) >= 11 is 0. The zero-order chi connectivity index (χ0) is 13.4. The van der Waals surface area contributed by atoms with Gasteiger partial charge in [-0.25, -0.2) is 0 Å². The van der Waals surface area contributed by atoms with Crippen molar-refractivity contribution >= 4 is 14.7 Å². The molecule has 0 fully saturated rings. The summed E-state index contributed by atoms with van der Waals surface area (Å²) in [6.07, 6.45) is 0. The predicted octanol–water partition coefficient (Wildman–Crippen LogP) is 1.11. The number of nitrogens with one attached hydrogen (secondary N) is 1. The third-order valence-electron chi connectivity index (χ3n) is 2.50. The van der Waals surface area contributed by atoms with E-state index < -0.39 is 8.80 Å². The number of amides is 1. The number of benzene rings is 1. The Bertz CT molecular complexity index is 368. The van der Waals surface area contributed by atoms with Crippen LogP contribution in [-0.2, 0) is 24.1 Å². The van der Waals surface area contributed by atoms with Gasteiger partial charge in [-0.15, -0.1) is 0 Å². The van der Waals surface area contributed by atoms with Crippen molar-refractivity contribution < 1.29 is 18.1 Å². The van der Waals surface area contributed by atoms with E-state index >= 15 is 0 Å². The molecule has 1 aromatic carbocycles. The van der Waals surface area contributed by atoms with Crippen LogP contribution in [0, 0.1) is 0 Å². The Morgan fingerprint density at radius 3 is 2.33 bits per heavy atom. The van der Waals surface area contributed by atoms with Gasteiger partial charge in [-0.2, -0.15) is 0 Å². The molecule has 18 heavy (non-hydrogen) atoms. The van der Waals surface area contributed by atoms with E-state index in [1.165, 1.54) is 6.92 Å². The molecule has 0 spiro atoms.